The third kappa shape index (κ3) is 11.6. The van der Waals surface area contributed by atoms with Crippen LogP contribution in [0, 0.1) is 6.92 Å². The SMILES string of the molecule is CCNC(=NCc1ccc(C)cc1OC(C)CC)NCC(C)(C)NS(C)(=O)=O.I. The lowest BCUT2D eigenvalue weighted by Crippen LogP contribution is -2.53. The lowest BCUT2D eigenvalue weighted by Gasteiger charge is -2.26. The number of hydrogen-bond acceptors (Lipinski definition) is 4. The largest absolute Gasteiger partial charge is 0.490 e. The average Bonchev–Trinajstić information content (AvgIpc) is 2.56. The molecule has 1 aromatic carbocycles. The summed E-state index contributed by atoms with van der Waals surface area (Å²) in [6.45, 7) is 13.4. The number of sulfonamides is 1. The molecule has 1 rings (SSSR count). The smallest absolute Gasteiger partial charge is 0.209 e. The minimum Gasteiger partial charge on any atom is -0.490 e. The predicted molar refractivity (Wildman–Crippen MR) is 132 cm³/mol. The zero-order valence-electron chi connectivity index (χ0n) is 18.6. The molecule has 0 spiro atoms. The Morgan fingerprint density at radius 2 is 1.90 bits per heavy atom. The number of benzene rings is 1. The van der Waals surface area contributed by atoms with Gasteiger partial charge in [0.15, 0.2) is 5.96 Å². The molecule has 0 heterocycles. The number of hydrogen-bond donors (Lipinski definition) is 3. The Hall–Kier alpha value is -1.07. The number of nitrogens with zero attached hydrogens (tertiary/aromatic N) is 1. The molecule has 7 nitrogen and oxygen atoms in total. The van der Waals surface area contributed by atoms with E-state index >= 15 is 0 Å². The first-order valence-electron chi connectivity index (χ1n) is 9.73. The molecule has 0 radical (unpaired) electrons. The number of halogens is 1. The number of ether oxygens (including phenoxy) is 1. The Morgan fingerprint density at radius 3 is 2.45 bits per heavy atom. The molecule has 0 aliphatic heterocycles. The van der Waals surface area contributed by atoms with Crippen LogP contribution >= 0.6 is 24.0 Å². The molecule has 1 atom stereocenters. The summed E-state index contributed by atoms with van der Waals surface area (Å²) in [6.07, 6.45) is 2.23. The average molecular weight is 541 g/mol. The van der Waals surface area contributed by atoms with Crippen LogP contribution in [0.4, 0.5) is 0 Å². The van der Waals surface area contributed by atoms with Crippen LogP contribution in [0.25, 0.3) is 0 Å². The van der Waals surface area contributed by atoms with Crippen molar-refractivity contribution in [3.05, 3.63) is 29.3 Å². The third-order valence-electron chi connectivity index (χ3n) is 4.04. The summed E-state index contributed by atoms with van der Waals surface area (Å²) in [4.78, 5) is 4.64. The van der Waals surface area contributed by atoms with Crippen molar-refractivity contribution in [2.75, 3.05) is 19.3 Å². The molecule has 0 saturated heterocycles. The minimum atomic E-state index is -3.29. The number of rotatable bonds is 10. The van der Waals surface area contributed by atoms with Crippen LogP contribution in [-0.4, -0.2) is 45.4 Å². The summed E-state index contributed by atoms with van der Waals surface area (Å²) in [5.41, 5.74) is 1.51. The Morgan fingerprint density at radius 1 is 1.24 bits per heavy atom. The first-order chi connectivity index (χ1) is 13.0. The van der Waals surface area contributed by atoms with E-state index in [1.165, 1.54) is 0 Å². The van der Waals surface area contributed by atoms with Gasteiger partial charge in [0, 0.05) is 24.2 Å². The van der Waals surface area contributed by atoms with Gasteiger partial charge in [-0.05, 0) is 52.7 Å². The lowest BCUT2D eigenvalue weighted by atomic mass is 10.1. The van der Waals surface area contributed by atoms with Gasteiger partial charge in [-0.3, -0.25) is 0 Å². The molecule has 0 aliphatic rings. The van der Waals surface area contributed by atoms with Crippen LogP contribution in [-0.2, 0) is 16.6 Å². The molecule has 3 N–H and O–H groups in total. The van der Waals surface area contributed by atoms with Crippen LogP contribution in [0.3, 0.4) is 0 Å². The Labute approximate surface area is 193 Å². The van der Waals surface area contributed by atoms with Gasteiger partial charge in [0.1, 0.15) is 5.75 Å². The highest BCUT2D eigenvalue weighted by atomic mass is 127. The van der Waals surface area contributed by atoms with E-state index in [1.807, 2.05) is 45.9 Å². The number of aliphatic imine (C=N–C) groups is 1. The van der Waals surface area contributed by atoms with E-state index in [0.29, 0.717) is 25.6 Å². The van der Waals surface area contributed by atoms with E-state index in [0.717, 1.165) is 29.6 Å². The zero-order valence-corrected chi connectivity index (χ0v) is 21.8. The Bertz CT molecular complexity index is 767. The number of nitrogens with one attached hydrogen (secondary N) is 3. The summed E-state index contributed by atoms with van der Waals surface area (Å²) in [6, 6.07) is 6.12. The molecule has 0 fully saturated rings. The molecule has 1 aromatic rings. The highest BCUT2D eigenvalue weighted by Gasteiger charge is 2.22. The normalized spacial score (nSPS) is 13.4. The molecule has 29 heavy (non-hydrogen) atoms. The minimum absolute atomic E-state index is 0. The third-order valence-corrected chi connectivity index (χ3v) is 4.96. The number of guanidine groups is 1. The molecule has 0 aromatic heterocycles. The van der Waals surface area contributed by atoms with Gasteiger partial charge in [-0.1, -0.05) is 19.1 Å². The van der Waals surface area contributed by atoms with Gasteiger partial charge < -0.3 is 15.4 Å². The van der Waals surface area contributed by atoms with Crippen LogP contribution in [0.1, 0.15) is 52.2 Å². The van der Waals surface area contributed by atoms with Gasteiger partial charge in [-0.15, -0.1) is 24.0 Å². The van der Waals surface area contributed by atoms with E-state index < -0.39 is 15.6 Å². The van der Waals surface area contributed by atoms with Crippen molar-refractivity contribution in [2.24, 2.45) is 4.99 Å². The maximum absolute atomic E-state index is 11.5. The fourth-order valence-corrected chi connectivity index (χ4v) is 3.63. The maximum atomic E-state index is 11.5. The second-order valence-corrected chi connectivity index (χ2v) is 9.50. The van der Waals surface area contributed by atoms with Crippen molar-refractivity contribution in [2.45, 2.75) is 66.2 Å². The molecule has 0 aliphatic carbocycles. The second-order valence-electron chi connectivity index (χ2n) is 7.75. The van der Waals surface area contributed by atoms with E-state index in [9.17, 15) is 8.42 Å². The monoisotopic (exact) mass is 540 g/mol. The quantitative estimate of drug-likeness (QED) is 0.241. The highest BCUT2D eigenvalue weighted by molar-refractivity contribution is 14.0. The van der Waals surface area contributed by atoms with Crippen LogP contribution in [0.2, 0.25) is 0 Å². The maximum Gasteiger partial charge on any atom is 0.209 e. The fourth-order valence-electron chi connectivity index (χ4n) is 2.55. The molecule has 0 saturated carbocycles. The topological polar surface area (TPSA) is 91.8 Å². The molecule has 0 bridgehead atoms. The van der Waals surface area contributed by atoms with E-state index in [1.54, 1.807) is 0 Å². The molecule has 0 amide bonds. The first kappa shape index (κ1) is 27.9. The number of aryl methyl sites for hydroxylation is 1. The summed E-state index contributed by atoms with van der Waals surface area (Å²) in [7, 11) is -3.29. The van der Waals surface area contributed by atoms with Gasteiger partial charge in [-0.2, -0.15) is 0 Å². The van der Waals surface area contributed by atoms with Crippen molar-refractivity contribution in [1.29, 1.82) is 0 Å². The lowest BCUT2D eigenvalue weighted by molar-refractivity contribution is 0.215. The molecular formula is C20H37IN4O3S. The Balaban J connectivity index is 0.00000784. The van der Waals surface area contributed by atoms with Gasteiger partial charge >= 0.3 is 0 Å². The van der Waals surface area contributed by atoms with Crippen LogP contribution in [0.5, 0.6) is 5.75 Å². The zero-order chi connectivity index (χ0) is 21.4. The fraction of sp³-hybridized carbons (Fsp3) is 0.650. The van der Waals surface area contributed by atoms with Crippen molar-refractivity contribution >= 4 is 40.0 Å². The molecule has 9 heteroatoms. The van der Waals surface area contributed by atoms with Gasteiger partial charge in [0.05, 0.1) is 18.9 Å². The second kappa shape index (κ2) is 12.6. The summed E-state index contributed by atoms with van der Waals surface area (Å²) >= 11 is 0. The van der Waals surface area contributed by atoms with Crippen molar-refractivity contribution in [3.8, 4) is 5.75 Å². The van der Waals surface area contributed by atoms with Crippen LogP contribution in [0.15, 0.2) is 23.2 Å². The van der Waals surface area contributed by atoms with Gasteiger partial charge in [0.25, 0.3) is 0 Å². The van der Waals surface area contributed by atoms with E-state index in [2.05, 4.69) is 34.2 Å². The van der Waals surface area contributed by atoms with Crippen molar-refractivity contribution < 1.29 is 13.2 Å². The highest BCUT2D eigenvalue weighted by Crippen LogP contribution is 2.23. The molecule has 168 valence electrons. The summed E-state index contributed by atoms with van der Waals surface area (Å²) < 4.78 is 31.7. The van der Waals surface area contributed by atoms with E-state index in [4.69, 9.17) is 4.74 Å². The van der Waals surface area contributed by atoms with E-state index in [-0.39, 0.29) is 30.1 Å². The van der Waals surface area contributed by atoms with Crippen molar-refractivity contribution in [3.63, 3.8) is 0 Å². The predicted octanol–water partition coefficient (Wildman–Crippen LogP) is 3.17. The van der Waals surface area contributed by atoms with Gasteiger partial charge in [-0.25, -0.2) is 18.1 Å². The summed E-state index contributed by atoms with van der Waals surface area (Å²) in [5, 5.41) is 6.40. The molecular weight excluding hydrogens is 503 g/mol. The Kier molecular flexibility index (Phi) is 12.1. The van der Waals surface area contributed by atoms with Crippen molar-refractivity contribution in [1.82, 2.24) is 15.4 Å². The van der Waals surface area contributed by atoms with Crippen LogP contribution < -0.4 is 20.1 Å². The standard InChI is InChI=1S/C20H36N4O3S.HI/c1-8-16(4)27-18-12-15(3)10-11-17(18)13-22-19(21-9-2)23-14-20(5,6)24-28(7,25)26;/h10-12,16,24H,8-9,13-14H2,1-7H3,(H2,21,22,23);1H. The van der Waals surface area contributed by atoms with Gasteiger partial charge in [0.2, 0.25) is 10.0 Å². The first-order valence-corrected chi connectivity index (χ1v) is 11.6. The molecule has 1 unspecified atom stereocenters. The summed E-state index contributed by atoms with van der Waals surface area (Å²) in [5.74, 6) is 1.48.